The number of rotatable bonds is 5. The predicted molar refractivity (Wildman–Crippen MR) is 77.1 cm³/mol. The fourth-order valence-corrected chi connectivity index (χ4v) is 2.85. The van der Waals surface area contributed by atoms with Crippen LogP contribution in [0, 0.1) is 5.92 Å². The molecule has 0 aliphatic heterocycles. The summed E-state index contributed by atoms with van der Waals surface area (Å²) in [6.45, 7) is 6.80. The molecule has 1 aliphatic carbocycles. The van der Waals surface area contributed by atoms with Gasteiger partial charge in [-0.25, -0.2) is 0 Å². The lowest BCUT2D eigenvalue weighted by molar-refractivity contribution is -0.0636. The molecule has 5 heteroatoms. The zero-order valence-electron chi connectivity index (χ0n) is 12.9. The molecule has 1 heterocycles. The molecular weight excluding hydrogens is 254 g/mol. The van der Waals surface area contributed by atoms with Gasteiger partial charge < -0.3 is 15.0 Å². The molecule has 0 saturated heterocycles. The molecule has 2 rings (SSSR count). The van der Waals surface area contributed by atoms with Crippen LogP contribution in [0.15, 0.2) is 4.52 Å². The zero-order valence-corrected chi connectivity index (χ0v) is 12.9. The summed E-state index contributed by atoms with van der Waals surface area (Å²) < 4.78 is 11.5. The Hall–Kier alpha value is -0.940. The minimum Gasteiger partial charge on any atom is -0.367 e. The molecule has 0 aromatic carbocycles. The quantitative estimate of drug-likeness (QED) is 0.838. The largest absolute Gasteiger partial charge is 0.367 e. The maximum Gasteiger partial charge on any atom is 0.243 e. The third-order valence-corrected chi connectivity index (χ3v) is 4.18. The van der Waals surface area contributed by atoms with Crippen molar-refractivity contribution in [1.82, 2.24) is 10.1 Å². The Morgan fingerprint density at radius 1 is 1.25 bits per heavy atom. The molecule has 0 radical (unpaired) electrons. The van der Waals surface area contributed by atoms with Gasteiger partial charge >= 0.3 is 0 Å². The Bertz CT molecular complexity index is 409. The molecule has 114 valence electrons. The van der Waals surface area contributed by atoms with Gasteiger partial charge in [0, 0.05) is 6.61 Å². The second kappa shape index (κ2) is 6.68. The molecule has 1 saturated carbocycles. The number of ether oxygens (including phenoxy) is 1. The highest BCUT2D eigenvalue weighted by molar-refractivity contribution is 5.04. The van der Waals surface area contributed by atoms with Gasteiger partial charge in [0.25, 0.3) is 0 Å². The van der Waals surface area contributed by atoms with E-state index < -0.39 is 0 Å². The van der Waals surface area contributed by atoms with Gasteiger partial charge in [0.2, 0.25) is 11.7 Å². The molecule has 1 fully saturated rings. The summed E-state index contributed by atoms with van der Waals surface area (Å²) in [6, 6.07) is -0.208. The average molecular weight is 281 g/mol. The molecular formula is C15H27N3O2. The Balaban J connectivity index is 2.25. The lowest BCUT2D eigenvalue weighted by Crippen LogP contribution is -2.31. The lowest BCUT2D eigenvalue weighted by Gasteiger charge is -2.29. The van der Waals surface area contributed by atoms with Crippen molar-refractivity contribution in [1.29, 1.82) is 0 Å². The van der Waals surface area contributed by atoms with Gasteiger partial charge in [-0.1, -0.05) is 44.7 Å². The van der Waals surface area contributed by atoms with E-state index in [0.29, 0.717) is 18.3 Å². The standard InChI is InChI=1S/C15H27N3O2/c1-4-19-15(9-7-5-6-8-10-15)14-17-13(20-18-14)12(16)11(2)3/h11-12H,4-10,16H2,1-3H3/t12-/m0/s1. The summed E-state index contributed by atoms with van der Waals surface area (Å²) in [7, 11) is 0. The summed E-state index contributed by atoms with van der Waals surface area (Å²) in [5.74, 6) is 1.49. The summed E-state index contributed by atoms with van der Waals surface area (Å²) in [5, 5.41) is 4.18. The van der Waals surface area contributed by atoms with Crippen LogP contribution in [0.2, 0.25) is 0 Å². The Morgan fingerprint density at radius 2 is 1.90 bits per heavy atom. The lowest BCUT2D eigenvalue weighted by atomic mass is 9.93. The van der Waals surface area contributed by atoms with Gasteiger partial charge in [-0.2, -0.15) is 4.98 Å². The van der Waals surface area contributed by atoms with Crippen molar-refractivity contribution in [2.24, 2.45) is 11.7 Å². The molecule has 0 bridgehead atoms. The summed E-state index contributed by atoms with van der Waals surface area (Å²) in [6.07, 6.45) is 6.75. The SMILES string of the molecule is CCOC1(c2noc([C@@H](N)C(C)C)n2)CCCCCC1. The highest BCUT2D eigenvalue weighted by Gasteiger charge is 2.38. The van der Waals surface area contributed by atoms with Crippen molar-refractivity contribution in [2.45, 2.75) is 70.9 Å². The fraction of sp³-hybridized carbons (Fsp3) is 0.867. The number of aromatic nitrogens is 2. The van der Waals surface area contributed by atoms with Gasteiger partial charge in [-0.05, 0) is 25.7 Å². The molecule has 0 amide bonds. The number of nitrogens with two attached hydrogens (primary N) is 1. The highest BCUT2D eigenvalue weighted by Crippen LogP contribution is 2.38. The molecule has 5 nitrogen and oxygen atoms in total. The van der Waals surface area contributed by atoms with Crippen molar-refractivity contribution >= 4 is 0 Å². The Labute approximate surface area is 121 Å². The van der Waals surface area contributed by atoms with Crippen molar-refractivity contribution in [3.8, 4) is 0 Å². The second-order valence-corrected chi connectivity index (χ2v) is 6.07. The zero-order chi connectivity index (χ0) is 14.6. The predicted octanol–water partition coefficient (Wildman–Crippen LogP) is 3.31. The van der Waals surface area contributed by atoms with Gasteiger partial charge in [0.05, 0.1) is 6.04 Å². The first-order chi connectivity index (χ1) is 9.59. The van der Waals surface area contributed by atoms with E-state index in [9.17, 15) is 0 Å². The van der Waals surface area contributed by atoms with Crippen LogP contribution in [-0.2, 0) is 10.3 Å². The number of nitrogens with zero attached hydrogens (tertiary/aromatic N) is 2. The fourth-order valence-electron chi connectivity index (χ4n) is 2.85. The Morgan fingerprint density at radius 3 is 2.45 bits per heavy atom. The summed E-state index contributed by atoms with van der Waals surface area (Å²) in [4.78, 5) is 4.56. The van der Waals surface area contributed by atoms with Crippen LogP contribution in [0.3, 0.4) is 0 Å². The van der Waals surface area contributed by atoms with E-state index in [1.54, 1.807) is 0 Å². The van der Waals surface area contributed by atoms with Crippen molar-refractivity contribution in [2.75, 3.05) is 6.61 Å². The van der Waals surface area contributed by atoms with Crippen LogP contribution in [0.4, 0.5) is 0 Å². The normalized spacial score (nSPS) is 20.9. The molecule has 1 aliphatic rings. The Kier molecular flexibility index (Phi) is 5.16. The summed E-state index contributed by atoms with van der Waals surface area (Å²) in [5.41, 5.74) is 5.72. The van der Waals surface area contributed by atoms with Crippen molar-refractivity contribution in [3.05, 3.63) is 11.7 Å². The van der Waals surface area contributed by atoms with E-state index in [2.05, 4.69) is 24.0 Å². The highest BCUT2D eigenvalue weighted by atomic mass is 16.5. The molecule has 20 heavy (non-hydrogen) atoms. The van der Waals surface area contributed by atoms with Crippen LogP contribution in [0.1, 0.15) is 77.1 Å². The third kappa shape index (κ3) is 3.20. The number of hydrogen-bond acceptors (Lipinski definition) is 5. The maximum absolute atomic E-state index is 6.09. The maximum atomic E-state index is 6.09. The number of hydrogen-bond donors (Lipinski definition) is 1. The molecule has 0 unspecified atom stereocenters. The smallest absolute Gasteiger partial charge is 0.243 e. The van der Waals surface area contributed by atoms with Crippen LogP contribution < -0.4 is 5.73 Å². The first-order valence-electron chi connectivity index (χ1n) is 7.82. The molecule has 1 aromatic heterocycles. The van der Waals surface area contributed by atoms with E-state index in [1.165, 1.54) is 12.8 Å². The van der Waals surface area contributed by atoms with Crippen LogP contribution >= 0.6 is 0 Å². The van der Waals surface area contributed by atoms with Gasteiger partial charge in [0.1, 0.15) is 5.60 Å². The van der Waals surface area contributed by atoms with E-state index in [1.807, 2.05) is 6.92 Å². The van der Waals surface area contributed by atoms with Crippen LogP contribution in [0.25, 0.3) is 0 Å². The molecule has 1 atom stereocenters. The molecule has 1 aromatic rings. The van der Waals surface area contributed by atoms with E-state index in [-0.39, 0.29) is 17.6 Å². The van der Waals surface area contributed by atoms with Gasteiger partial charge in [0.15, 0.2) is 0 Å². The minimum atomic E-state index is -0.371. The van der Waals surface area contributed by atoms with Crippen molar-refractivity contribution in [3.63, 3.8) is 0 Å². The van der Waals surface area contributed by atoms with E-state index in [4.69, 9.17) is 15.0 Å². The first kappa shape index (κ1) is 15.4. The van der Waals surface area contributed by atoms with Crippen LogP contribution in [-0.4, -0.2) is 16.7 Å². The van der Waals surface area contributed by atoms with E-state index in [0.717, 1.165) is 25.7 Å². The minimum absolute atomic E-state index is 0.208. The molecule has 2 N–H and O–H groups in total. The topological polar surface area (TPSA) is 74.2 Å². The molecule has 0 spiro atoms. The summed E-state index contributed by atoms with van der Waals surface area (Å²) >= 11 is 0. The van der Waals surface area contributed by atoms with Crippen LogP contribution in [0.5, 0.6) is 0 Å². The monoisotopic (exact) mass is 281 g/mol. The first-order valence-corrected chi connectivity index (χ1v) is 7.82. The third-order valence-electron chi connectivity index (χ3n) is 4.18. The van der Waals surface area contributed by atoms with Gasteiger partial charge in [-0.3, -0.25) is 0 Å². The van der Waals surface area contributed by atoms with E-state index >= 15 is 0 Å². The van der Waals surface area contributed by atoms with Crippen molar-refractivity contribution < 1.29 is 9.26 Å². The second-order valence-electron chi connectivity index (χ2n) is 6.07. The average Bonchev–Trinajstić information content (AvgIpc) is 2.80. The van der Waals surface area contributed by atoms with Gasteiger partial charge in [-0.15, -0.1) is 0 Å².